The second-order valence-electron chi connectivity index (χ2n) is 4.70. The van der Waals surface area contributed by atoms with E-state index in [1.54, 1.807) is 6.92 Å². The summed E-state index contributed by atoms with van der Waals surface area (Å²) in [5, 5.41) is 2.78. The minimum atomic E-state index is -0.391. The predicted molar refractivity (Wildman–Crippen MR) is 84.4 cm³/mol. The summed E-state index contributed by atoms with van der Waals surface area (Å²) >= 11 is 1.24. The van der Waals surface area contributed by atoms with Crippen molar-refractivity contribution in [2.75, 3.05) is 5.32 Å². The van der Waals surface area contributed by atoms with Gasteiger partial charge in [0.15, 0.2) is 5.58 Å². The average Bonchev–Trinajstić information content (AvgIpc) is 2.91. The van der Waals surface area contributed by atoms with Gasteiger partial charge in [-0.05, 0) is 43.3 Å². The van der Waals surface area contributed by atoms with Gasteiger partial charge < -0.3 is 9.73 Å². The quantitative estimate of drug-likeness (QED) is 0.737. The number of benzene rings is 2. The van der Waals surface area contributed by atoms with Crippen LogP contribution in [0.15, 0.2) is 58.2 Å². The van der Waals surface area contributed by atoms with Crippen molar-refractivity contribution in [3.8, 4) is 0 Å². The summed E-state index contributed by atoms with van der Waals surface area (Å²) < 4.78 is 18.4. The second-order valence-corrected chi connectivity index (χ2v) is 6.00. The van der Waals surface area contributed by atoms with E-state index < -0.39 is 5.25 Å². The molecule has 4 nitrogen and oxygen atoms in total. The number of fused-ring (bicyclic) bond motifs is 1. The average molecular weight is 316 g/mol. The standard InChI is InChI=1S/C16H13FN2O2S/c1-10(15(20)18-12-8-6-11(17)7-9-12)22-16-19-13-4-2-3-5-14(13)21-16/h2-10H,1H3,(H,18,20)/t10-/m1/s1. The van der Waals surface area contributed by atoms with Crippen molar-refractivity contribution in [1.29, 1.82) is 0 Å². The van der Waals surface area contributed by atoms with Crippen molar-refractivity contribution >= 4 is 34.5 Å². The first kappa shape index (κ1) is 14.6. The first-order chi connectivity index (χ1) is 10.6. The van der Waals surface area contributed by atoms with E-state index in [9.17, 15) is 9.18 Å². The molecule has 3 aromatic rings. The Morgan fingerprint density at radius 3 is 2.68 bits per heavy atom. The van der Waals surface area contributed by atoms with Crippen molar-refractivity contribution in [3.63, 3.8) is 0 Å². The molecule has 0 aliphatic carbocycles. The van der Waals surface area contributed by atoms with Gasteiger partial charge in [-0.1, -0.05) is 23.9 Å². The molecule has 0 saturated heterocycles. The van der Waals surface area contributed by atoms with Gasteiger partial charge in [-0.3, -0.25) is 4.79 Å². The first-order valence-electron chi connectivity index (χ1n) is 6.70. The number of hydrogen-bond donors (Lipinski definition) is 1. The molecule has 22 heavy (non-hydrogen) atoms. The summed E-state index contributed by atoms with van der Waals surface area (Å²) in [6, 6.07) is 13.1. The van der Waals surface area contributed by atoms with Crippen LogP contribution in [0.5, 0.6) is 0 Å². The lowest BCUT2D eigenvalue weighted by Gasteiger charge is -2.09. The highest BCUT2D eigenvalue weighted by Gasteiger charge is 2.18. The van der Waals surface area contributed by atoms with Gasteiger partial charge in [0.1, 0.15) is 11.3 Å². The molecule has 112 valence electrons. The van der Waals surface area contributed by atoms with Crippen molar-refractivity contribution in [2.45, 2.75) is 17.4 Å². The Kier molecular flexibility index (Phi) is 4.11. The predicted octanol–water partition coefficient (Wildman–Crippen LogP) is 4.09. The van der Waals surface area contributed by atoms with E-state index in [0.29, 0.717) is 16.5 Å². The number of anilines is 1. The lowest BCUT2D eigenvalue weighted by atomic mass is 10.3. The van der Waals surface area contributed by atoms with Crippen molar-refractivity contribution < 1.29 is 13.6 Å². The topological polar surface area (TPSA) is 55.1 Å². The minimum Gasteiger partial charge on any atom is -0.431 e. The lowest BCUT2D eigenvalue weighted by molar-refractivity contribution is -0.115. The summed E-state index contributed by atoms with van der Waals surface area (Å²) in [6.45, 7) is 1.76. The Bertz CT molecular complexity index is 768. The van der Waals surface area contributed by atoms with Crippen LogP contribution in [-0.4, -0.2) is 16.1 Å². The third-order valence-corrected chi connectivity index (χ3v) is 3.98. The maximum atomic E-state index is 12.8. The summed E-state index contributed by atoms with van der Waals surface area (Å²) in [7, 11) is 0. The van der Waals surface area contributed by atoms with Gasteiger partial charge in [0.05, 0.1) is 5.25 Å². The molecule has 1 amide bonds. The number of rotatable bonds is 4. The largest absolute Gasteiger partial charge is 0.431 e. The number of aromatic nitrogens is 1. The monoisotopic (exact) mass is 316 g/mol. The Morgan fingerprint density at radius 1 is 1.23 bits per heavy atom. The molecule has 1 N–H and O–H groups in total. The molecule has 0 saturated carbocycles. The molecule has 0 bridgehead atoms. The molecule has 2 aromatic carbocycles. The number of hydrogen-bond acceptors (Lipinski definition) is 4. The third kappa shape index (κ3) is 3.28. The normalized spacial score (nSPS) is 12.3. The molecule has 0 aliphatic heterocycles. The number of carbonyl (C=O) groups is 1. The van der Waals surface area contributed by atoms with Crippen LogP contribution in [0, 0.1) is 5.82 Å². The molecule has 0 unspecified atom stereocenters. The van der Waals surface area contributed by atoms with E-state index in [0.717, 1.165) is 5.52 Å². The van der Waals surface area contributed by atoms with Gasteiger partial charge in [0, 0.05) is 5.69 Å². The Labute approximate surface area is 130 Å². The molecule has 0 aliphatic rings. The Morgan fingerprint density at radius 2 is 1.95 bits per heavy atom. The SMILES string of the molecule is C[C@@H](Sc1nc2ccccc2o1)C(=O)Nc1ccc(F)cc1. The van der Waals surface area contributed by atoms with Gasteiger partial charge in [0.2, 0.25) is 5.91 Å². The zero-order chi connectivity index (χ0) is 15.5. The van der Waals surface area contributed by atoms with Crippen LogP contribution in [0.25, 0.3) is 11.1 Å². The van der Waals surface area contributed by atoms with Crippen LogP contribution >= 0.6 is 11.8 Å². The molecule has 0 spiro atoms. The number of thioether (sulfide) groups is 1. The highest BCUT2D eigenvalue weighted by molar-refractivity contribution is 8.00. The van der Waals surface area contributed by atoms with Crippen molar-refractivity contribution in [1.82, 2.24) is 4.98 Å². The number of amides is 1. The number of halogens is 1. The number of nitrogens with zero attached hydrogens (tertiary/aromatic N) is 1. The summed E-state index contributed by atoms with van der Waals surface area (Å²) in [4.78, 5) is 16.4. The fourth-order valence-corrected chi connectivity index (χ4v) is 2.64. The molecule has 1 heterocycles. The van der Waals surface area contributed by atoms with E-state index >= 15 is 0 Å². The van der Waals surface area contributed by atoms with Crippen LogP contribution in [0.1, 0.15) is 6.92 Å². The maximum absolute atomic E-state index is 12.8. The van der Waals surface area contributed by atoms with Crippen LogP contribution in [0.3, 0.4) is 0 Å². The minimum absolute atomic E-state index is 0.195. The maximum Gasteiger partial charge on any atom is 0.257 e. The highest BCUT2D eigenvalue weighted by atomic mass is 32.2. The molecular weight excluding hydrogens is 303 g/mol. The lowest BCUT2D eigenvalue weighted by Crippen LogP contribution is -2.22. The van der Waals surface area contributed by atoms with E-state index in [2.05, 4.69) is 10.3 Å². The van der Waals surface area contributed by atoms with Gasteiger partial charge in [0.25, 0.3) is 5.22 Å². The molecule has 6 heteroatoms. The molecular formula is C16H13FN2O2S. The number of nitrogens with one attached hydrogen (secondary N) is 1. The van der Waals surface area contributed by atoms with Gasteiger partial charge in [-0.25, -0.2) is 9.37 Å². The van der Waals surface area contributed by atoms with Crippen molar-refractivity contribution in [2.24, 2.45) is 0 Å². The van der Waals surface area contributed by atoms with Gasteiger partial charge in [-0.2, -0.15) is 0 Å². The molecule has 1 aromatic heterocycles. The van der Waals surface area contributed by atoms with Crippen LogP contribution in [-0.2, 0) is 4.79 Å². The number of oxazole rings is 1. The summed E-state index contributed by atoms with van der Waals surface area (Å²) in [5.41, 5.74) is 2.00. The van der Waals surface area contributed by atoms with Gasteiger partial charge in [-0.15, -0.1) is 0 Å². The fraction of sp³-hybridized carbons (Fsp3) is 0.125. The molecule has 1 atom stereocenters. The fourth-order valence-electron chi connectivity index (χ4n) is 1.88. The summed E-state index contributed by atoms with van der Waals surface area (Å²) in [6.07, 6.45) is 0. The van der Waals surface area contributed by atoms with E-state index in [1.807, 2.05) is 24.3 Å². The van der Waals surface area contributed by atoms with E-state index in [1.165, 1.54) is 36.0 Å². The second kappa shape index (κ2) is 6.19. The van der Waals surface area contributed by atoms with Crippen molar-refractivity contribution in [3.05, 3.63) is 54.3 Å². The Hall–Kier alpha value is -2.34. The molecule has 0 radical (unpaired) electrons. The van der Waals surface area contributed by atoms with E-state index in [4.69, 9.17) is 4.42 Å². The van der Waals surface area contributed by atoms with Crippen LogP contribution in [0.4, 0.5) is 10.1 Å². The number of carbonyl (C=O) groups excluding carboxylic acids is 1. The third-order valence-electron chi connectivity index (χ3n) is 3.03. The summed E-state index contributed by atoms with van der Waals surface area (Å²) in [5.74, 6) is -0.536. The smallest absolute Gasteiger partial charge is 0.257 e. The number of para-hydroxylation sites is 2. The zero-order valence-electron chi connectivity index (χ0n) is 11.7. The first-order valence-corrected chi connectivity index (χ1v) is 7.58. The van der Waals surface area contributed by atoms with Gasteiger partial charge >= 0.3 is 0 Å². The van der Waals surface area contributed by atoms with E-state index in [-0.39, 0.29) is 11.7 Å². The van der Waals surface area contributed by atoms with Crippen LogP contribution < -0.4 is 5.32 Å². The Balaban J connectivity index is 1.66. The molecule has 0 fully saturated rings. The zero-order valence-corrected chi connectivity index (χ0v) is 12.6. The molecule has 3 rings (SSSR count). The van der Waals surface area contributed by atoms with Crippen LogP contribution in [0.2, 0.25) is 0 Å². The highest BCUT2D eigenvalue weighted by Crippen LogP contribution is 2.27.